The average molecular weight is 259 g/mol. The van der Waals surface area contributed by atoms with Gasteiger partial charge in [-0.3, -0.25) is 5.10 Å². The maximum absolute atomic E-state index is 10.8. The molecule has 0 aliphatic heterocycles. The maximum atomic E-state index is 10.8. The zero-order valence-corrected chi connectivity index (χ0v) is 9.84. The first-order chi connectivity index (χ1) is 9.06. The number of aromatic carboxylic acids is 1. The zero-order chi connectivity index (χ0) is 14.0. The van der Waals surface area contributed by atoms with Gasteiger partial charge in [0, 0.05) is 11.6 Å². The number of nitrogens with one attached hydrogen (secondary N) is 1. The topological polar surface area (TPSA) is 119 Å². The van der Waals surface area contributed by atoms with Crippen LogP contribution in [0.3, 0.4) is 0 Å². The van der Waals surface area contributed by atoms with E-state index in [2.05, 4.69) is 10.2 Å². The number of ether oxygens (including phenoxy) is 1. The number of hydrogen-bond acceptors (Lipinski definition) is 5. The van der Waals surface area contributed by atoms with Crippen LogP contribution in [0.25, 0.3) is 11.3 Å². The van der Waals surface area contributed by atoms with Crippen molar-refractivity contribution in [1.29, 1.82) is 5.26 Å². The second-order valence-electron chi connectivity index (χ2n) is 3.65. The lowest BCUT2D eigenvalue weighted by atomic mass is 10.1. The maximum Gasteiger partial charge on any atom is 0.353 e. The number of carbonyl (C=O) groups is 1. The molecule has 0 radical (unpaired) electrons. The highest BCUT2D eigenvalue weighted by Crippen LogP contribution is 2.34. The summed E-state index contributed by atoms with van der Waals surface area (Å²) < 4.78 is 5.08. The van der Waals surface area contributed by atoms with Gasteiger partial charge in [0.2, 0.25) is 0 Å². The van der Waals surface area contributed by atoms with Gasteiger partial charge in [0.25, 0.3) is 0 Å². The number of aromatic hydroxyl groups is 1. The molecule has 2 aromatic rings. The Hall–Kier alpha value is -3.01. The Bertz CT molecular complexity index is 685. The lowest BCUT2D eigenvalue weighted by Gasteiger charge is -2.07. The van der Waals surface area contributed by atoms with E-state index >= 15 is 0 Å². The highest BCUT2D eigenvalue weighted by Gasteiger charge is 2.16. The summed E-state index contributed by atoms with van der Waals surface area (Å²) in [5.41, 5.74) is 0.700. The Labute approximate surface area is 107 Å². The third kappa shape index (κ3) is 2.19. The second-order valence-corrected chi connectivity index (χ2v) is 3.65. The first kappa shape index (κ1) is 12.4. The Morgan fingerprint density at radius 2 is 2.21 bits per heavy atom. The van der Waals surface area contributed by atoms with Crippen LogP contribution in [0.4, 0.5) is 0 Å². The number of aromatic amines is 1. The summed E-state index contributed by atoms with van der Waals surface area (Å²) in [6.07, 6.45) is 0. The standard InChI is InChI=1S/C12H9N3O4/c1-19-11-4-10(16)6(5-13)2-7(11)8-3-9(12(17)18)15-14-8/h2-4,16H,1H3,(H,14,15)(H,17,18). The zero-order valence-electron chi connectivity index (χ0n) is 9.84. The minimum absolute atomic E-state index is 0.0516. The van der Waals surface area contributed by atoms with Crippen LogP contribution in [0.5, 0.6) is 11.5 Å². The van der Waals surface area contributed by atoms with Crippen molar-refractivity contribution in [3.8, 4) is 28.8 Å². The van der Waals surface area contributed by atoms with Crippen molar-refractivity contribution < 1.29 is 19.7 Å². The van der Waals surface area contributed by atoms with Crippen LogP contribution in [-0.2, 0) is 0 Å². The summed E-state index contributed by atoms with van der Waals surface area (Å²) in [4.78, 5) is 10.8. The van der Waals surface area contributed by atoms with Gasteiger partial charge in [0.05, 0.1) is 18.4 Å². The van der Waals surface area contributed by atoms with Gasteiger partial charge in [-0.15, -0.1) is 0 Å². The van der Waals surface area contributed by atoms with Gasteiger partial charge in [-0.05, 0) is 12.1 Å². The quantitative estimate of drug-likeness (QED) is 0.765. The van der Waals surface area contributed by atoms with Crippen molar-refractivity contribution in [2.75, 3.05) is 7.11 Å². The lowest BCUT2D eigenvalue weighted by Crippen LogP contribution is -1.95. The van der Waals surface area contributed by atoms with E-state index in [0.717, 1.165) is 0 Å². The molecule has 3 N–H and O–H groups in total. The van der Waals surface area contributed by atoms with Crippen molar-refractivity contribution in [3.63, 3.8) is 0 Å². The molecule has 0 spiro atoms. The third-order valence-electron chi connectivity index (χ3n) is 2.52. The number of nitriles is 1. The molecule has 19 heavy (non-hydrogen) atoms. The molecular formula is C12H9N3O4. The molecule has 0 aliphatic rings. The monoisotopic (exact) mass is 259 g/mol. The first-order valence-electron chi connectivity index (χ1n) is 5.17. The highest BCUT2D eigenvalue weighted by atomic mass is 16.5. The molecule has 0 saturated heterocycles. The summed E-state index contributed by atoms with van der Waals surface area (Å²) in [5, 5.41) is 33.5. The summed E-state index contributed by atoms with van der Waals surface area (Å²) in [5.74, 6) is -1.06. The normalized spacial score (nSPS) is 9.89. The van der Waals surface area contributed by atoms with Crippen LogP contribution in [0.1, 0.15) is 16.1 Å². The number of carboxylic acid groups (broad SMARTS) is 1. The average Bonchev–Trinajstić information content (AvgIpc) is 2.88. The van der Waals surface area contributed by atoms with E-state index in [4.69, 9.17) is 15.1 Å². The predicted molar refractivity (Wildman–Crippen MR) is 63.9 cm³/mol. The molecule has 7 heteroatoms. The molecule has 1 aromatic carbocycles. The Kier molecular flexibility index (Phi) is 3.08. The highest BCUT2D eigenvalue weighted by molar-refractivity contribution is 5.87. The molecule has 0 fully saturated rings. The number of benzene rings is 1. The molecular weight excluding hydrogens is 250 g/mol. The molecule has 7 nitrogen and oxygen atoms in total. The fraction of sp³-hybridized carbons (Fsp3) is 0.0833. The van der Waals surface area contributed by atoms with E-state index in [9.17, 15) is 9.90 Å². The molecule has 0 amide bonds. The van der Waals surface area contributed by atoms with Gasteiger partial charge in [0.15, 0.2) is 0 Å². The van der Waals surface area contributed by atoms with Gasteiger partial charge in [-0.1, -0.05) is 0 Å². The third-order valence-corrected chi connectivity index (χ3v) is 2.52. The summed E-state index contributed by atoms with van der Waals surface area (Å²) >= 11 is 0. The fourth-order valence-electron chi connectivity index (χ4n) is 1.60. The van der Waals surface area contributed by atoms with Crippen molar-refractivity contribution in [3.05, 3.63) is 29.5 Å². The molecule has 96 valence electrons. The Balaban J connectivity index is 2.59. The van der Waals surface area contributed by atoms with E-state index in [0.29, 0.717) is 17.0 Å². The molecule has 0 aliphatic carbocycles. The Morgan fingerprint density at radius 1 is 1.47 bits per heavy atom. The number of rotatable bonds is 3. The molecule has 0 unspecified atom stereocenters. The number of nitrogens with zero attached hydrogens (tertiary/aromatic N) is 2. The van der Waals surface area contributed by atoms with Crippen molar-refractivity contribution in [2.45, 2.75) is 0 Å². The molecule has 0 atom stereocenters. The van der Waals surface area contributed by atoms with E-state index in [1.165, 1.54) is 25.3 Å². The van der Waals surface area contributed by atoms with E-state index < -0.39 is 5.97 Å². The number of carboxylic acids is 1. The van der Waals surface area contributed by atoms with E-state index in [1.54, 1.807) is 0 Å². The van der Waals surface area contributed by atoms with Gasteiger partial charge in [0.1, 0.15) is 23.3 Å². The fourth-order valence-corrected chi connectivity index (χ4v) is 1.60. The first-order valence-corrected chi connectivity index (χ1v) is 5.17. The van der Waals surface area contributed by atoms with Crippen LogP contribution in [0, 0.1) is 11.3 Å². The molecule has 1 heterocycles. The number of phenolic OH excluding ortho intramolecular Hbond substituents is 1. The van der Waals surface area contributed by atoms with E-state index in [-0.39, 0.29) is 17.0 Å². The molecule has 0 bridgehead atoms. The summed E-state index contributed by atoms with van der Waals surface area (Å²) in [7, 11) is 1.40. The van der Waals surface area contributed by atoms with Crippen LogP contribution < -0.4 is 4.74 Å². The summed E-state index contributed by atoms with van der Waals surface area (Å²) in [6, 6.07) is 5.81. The molecule has 2 rings (SSSR count). The van der Waals surface area contributed by atoms with Gasteiger partial charge < -0.3 is 14.9 Å². The SMILES string of the molecule is COc1cc(O)c(C#N)cc1-c1cc(C(=O)O)[nH]n1. The molecule has 0 saturated carbocycles. The van der Waals surface area contributed by atoms with Gasteiger partial charge in [-0.2, -0.15) is 10.4 Å². The second kappa shape index (κ2) is 4.70. The number of phenols is 1. The number of methoxy groups -OCH3 is 1. The smallest absolute Gasteiger partial charge is 0.353 e. The van der Waals surface area contributed by atoms with Crippen LogP contribution in [0.2, 0.25) is 0 Å². The van der Waals surface area contributed by atoms with Crippen molar-refractivity contribution in [2.24, 2.45) is 0 Å². The van der Waals surface area contributed by atoms with Crippen molar-refractivity contribution in [1.82, 2.24) is 10.2 Å². The minimum atomic E-state index is -1.14. The van der Waals surface area contributed by atoms with Crippen molar-refractivity contribution >= 4 is 5.97 Å². The van der Waals surface area contributed by atoms with Crippen LogP contribution in [-0.4, -0.2) is 33.5 Å². The van der Waals surface area contributed by atoms with E-state index in [1.807, 2.05) is 6.07 Å². The van der Waals surface area contributed by atoms with Gasteiger partial charge in [-0.25, -0.2) is 4.79 Å². The summed E-state index contributed by atoms with van der Waals surface area (Å²) in [6.45, 7) is 0. The lowest BCUT2D eigenvalue weighted by molar-refractivity contribution is 0.0690. The van der Waals surface area contributed by atoms with Crippen LogP contribution >= 0.6 is 0 Å². The number of hydrogen-bond donors (Lipinski definition) is 3. The minimum Gasteiger partial charge on any atom is -0.506 e. The predicted octanol–water partition coefficient (Wildman–Crippen LogP) is 1.36. The number of H-pyrrole nitrogens is 1. The largest absolute Gasteiger partial charge is 0.506 e. The molecule has 1 aromatic heterocycles. The van der Waals surface area contributed by atoms with Gasteiger partial charge >= 0.3 is 5.97 Å². The van der Waals surface area contributed by atoms with Crippen LogP contribution in [0.15, 0.2) is 18.2 Å². The number of aromatic nitrogens is 2. The Morgan fingerprint density at radius 3 is 2.74 bits per heavy atom.